The Balaban J connectivity index is 3.23. The topological polar surface area (TPSA) is 76.7 Å². The van der Waals surface area contributed by atoms with E-state index in [2.05, 4.69) is 38.3 Å². The number of carbonyl (C=O) groups is 2. The summed E-state index contributed by atoms with van der Waals surface area (Å²) in [4.78, 5) is 23.3. The number of rotatable bonds is 20. The van der Waals surface area contributed by atoms with Crippen LogP contribution in [0.15, 0.2) is 0 Å². The predicted octanol–water partition coefficient (Wildman–Crippen LogP) is 3.34. The maximum atomic E-state index is 11.7. The molecule has 0 fully saturated rings. The van der Waals surface area contributed by atoms with E-state index in [1.165, 1.54) is 0 Å². The second-order valence-corrected chi connectivity index (χ2v) is 8.22. The molecule has 0 aromatic carbocycles. The minimum atomic E-state index is 0.134. The summed E-state index contributed by atoms with van der Waals surface area (Å²) in [6.07, 6.45) is 6.09. The molecule has 0 radical (unpaired) electrons. The average molecular weight is 401 g/mol. The molecule has 1 amide bonds. The fraction of sp³-hybridized carbons (Fsp3) is 0.909. The lowest BCUT2D eigenvalue weighted by atomic mass is 10.1. The van der Waals surface area contributed by atoms with Gasteiger partial charge in [-0.15, -0.1) is 0 Å². The number of hydrogen-bond acceptors (Lipinski definition) is 5. The highest BCUT2D eigenvalue weighted by molar-refractivity contribution is 5.80. The van der Waals surface area contributed by atoms with Crippen molar-refractivity contribution in [2.45, 2.75) is 72.6 Å². The number of Topliss-reactive ketones (excluding diaryl/α,β-unsaturated/α-hetero) is 1. The van der Waals surface area contributed by atoms with Crippen LogP contribution in [-0.2, 0) is 19.1 Å². The Morgan fingerprint density at radius 2 is 1.43 bits per heavy atom. The predicted molar refractivity (Wildman–Crippen MR) is 115 cm³/mol. The van der Waals surface area contributed by atoms with Crippen LogP contribution in [0.4, 0.5) is 0 Å². The van der Waals surface area contributed by atoms with Gasteiger partial charge < -0.3 is 20.1 Å². The molecule has 28 heavy (non-hydrogen) atoms. The highest BCUT2D eigenvalue weighted by atomic mass is 16.5. The molecule has 0 unspecified atom stereocenters. The van der Waals surface area contributed by atoms with Gasteiger partial charge in [0.05, 0.1) is 26.4 Å². The van der Waals surface area contributed by atoms with Gasteiger partial charge in [0.15, 0.2) is 0 Å². The van der Waals surface area contributed by atoms with E-state index in [0.717, 1.165) is 38.6 Å². The van der Waals surface area contributed by atoms with E-state index >= 15 is 0 Å². The van der Waals surface area contributed by atoms with Crippen LogP contribution in [0.5, 0.6) is 0 Å². The highest BCUT2D eigenvalue weighted by Crippen LogP contribution is 2.06. The third kappa shape index (κ3) is 21.3. The Morgan fingerprint density at radius 1 is 0.750 bits per heavy atom. The summed E-state index contributed by atoms with van der Waals surface area (Å²) in [5.74, 6) is 1.69. The fourth-order valence-corrected chi connectivity index (χ4v) is 2.57. The molecular formula is C22H44N2O4. The van der Waals surface area contributed by atoms with Gasteiger partial charge in [-0.2, -0.15) is 0 Å². The van der Waals surface area contributed by atoms with Crippen molar-refractivity contribution in [3.63, 3.8) is 0 Å². The third-order valence-electron chi connectivity index (χ3n) is 4.34. The van der Waals surface area contributed by atoms with Crippen LogP contribution in [0.1, 0.15) is 72.6 Å². The van der Waals surface area contributed by atoms with Crippen molar-refractivity contribution >= 4 is 11.7 Å². The van der Waals surface area contributed by atoms with E-state index in [0.29, 0.717) is 64.2 Å². The van der Waals surface area contributed by atoms with Crippen LogP contribution in [0.2, 0.25) is 0 Å². The molecule has 0 aliphatic carbocycles. The van der Waals surface area contributed by atoms with Gasteiger partial charge in [-0.1, -0.05) is 34.1 Å². The lowest BCUT2D eigenvalue weighted by Crippen LogP contribution is -2.27. The zero-order chi connectivity index (χ0) is 21.0. The molecule has 0 aromatic heterocycles. The average Bonchev–Trinajstić information content (AvgIpc) is 2.62. The number of ketones is 1. The number of unbranched alkanes of at least 4 members (excludes halogenated alkanes) is 1. The molecule has 0 spiro atoms. The summed E-state index contributed by atoms with van der Waals surface area (Å²) in [5, 5.41) is 6.06. The molecule has 0 rings (SSSR count). The first kappa shape index (κ1) is 27.0. The zero-order valence-electron chi connectivity index (χ0n) is 18.7. The summed E-state index contributed by atoms with van der Waals surface area (Å²) in [6, 6.07) is 0. The minimum absolute atomic E-state index is 0.134. The molecule has 0 aromatic rings. The summed E-state index contributed by atoms with van der Waals surface area (Å²) in [5.41, 5.74) is 0. The molecule has 6 nitrogen and oxygen atoms in total. The van der Waals surface area contributed by atoms with Gasteiger partial charge in [-0.05, 0) is 37.5 Å². The van der Waals surface area contributed by atoms with Crippen molar-refractivity contribution in [2.75, 3.05) is 46.1 Å². The van der Waals surface area contributed by atoms with E-state index in [-0.39, 0.29) is 11.7 Å². The maximum Gasteiger partial charge on any atom is 0.219 e. The molecule has 0 atom stereocenters. The molecular weight excluding hydrogens is 356 g/mol. The van der Waals surface area contributed by atoms with Gasteiger partial charge in [-0.3, -0.25) is 9.59 Å². The van der Waals surface area contributed by atoms with Gasteiger partial charge >= 0.3 is 0 Å². The van der Waals surface area contributed by atoms with Crippen molar-refractivity contribution in [1.82, 2.24) is 10.6 Å². The van der Waals surface area contributed by atoms with Gasteiger partial charge in [0.2, 0.25) is 5.91 Å². The van der Waals surface area contributed by atoms with Crippen LogP contribution >= 0.6 is 0 Å². The molecule has 0 saturated carbocycles. The molecule has 2 N–H and O–H groups in total. The van der Waals surface area contributed by atoms with Gasteiger partial charge in [-0.25, -0.2) is 0 Å². The van der Waals surface area contributed by atoms with E-state index in [9.17, 15) is 9.59 Å². The smallest absolute Gasteiger partial charge is 0.219 e. The van der Waals surface area contributed by atoms with Gasteiger partial charge in [0.25, 0.3) is 0 Å². The van der Waals surface area contributed by atoms with Gasteiger partial charge in [0, 0.05) is 32.5 Å². The fourth-order valence-electron chi connectivity index (χ4n) is 2.57. The van der Waals surface area contributed by atoms with E-state index in [4.69, 9.17) is 9.47 Å². The minimum Gasteiger partial charge on any atom is -0.379 e. The SMILES string of the molecule is CC(C)CCCC(=O)CNCCOCCOCCCCC(=O)NCCC(C)C. The Hall–Kier alpha value is -0.980. The monoisotopic (exact) mass is 400 g/mol. The molecule has 0 heterocycles. The summed E-state index contributed by atoms with van der Waals surface area (Å²) in [6.45, 7) is 12.9. The van der Waals surface area contributed by atoms with Crippen LogP contribution in [0.25, 0.3) is 0 Å². The van der Waals surface area contributed by atoms with Crippen LogP contribution in [0.3, 0.4) is 0 Å². The number of nitrogens with one attached hydrogen (secondary N) is 2. The first-order valence-electron chi connectivity index (χ1n) is 11.1. The standard InChI is InChI=1S/C22H44N2O4/c1-19(2)8-7-9-21(25)18-23-13-15-28-17-16-27-14-6-5-10-22(26)24-12-11-20(3)4/h19-20,23H,5-18H2,1-4H3,(H,24,26). The molecule has 6 heteroatoms. The number of ether oxygens (including phenoxy) is 2. The Morgan fingerprint density at radius 3 is 2.11 bits per heavy atom. The summed E-state index contributed by atoms with van der Waals surface area (Å²) >= 11 is 0. The molecule has 0 aliphatic rings. The quantitative estimate of drug-likeness (QED) is 0.307. The van der Waals surface area contributed by atoms with E-state index in [1.54, 1.807) is 0 Å². The maximum absolute atomic E-state index is 11.7. The molecule has 0 bridgehead atoms. The number of carbonyl (C=O) groups excluding carboxylic acids is 2. The second kappa shape index (κ2) is 19.3. The Bertz CT molecular complexity index is 351. The van der Waals surface area contributed by atoms with E-state index in [1.807, 2.05) is 0 Å². The largest absolute Gasteiger partial charge is 0.379 e. The van der Waals surface area contributed by atoms with Crippen molar-refractivity contribution in [3.05, 3.63) is 0 Å². The number of hydrogen-bond donors (Lipinski definition) is 2. The van der Waals surface area contributed by atoms with Crippen molar-refractivity contribution < 1.29 is 19.1 Å². The Kier molecular flexibility index (Phi) is 18.7. The highest BCUT2D eigenvalue weighted by Gasteiger charge is 2.03. The van der Waals surface area contributed by atoms with Crippen LogP contribution in [0, 0.1) is 11.8 Å². The van der Waals surface area contributed by atoms with Crippen molar-refractivity contribution in [1.29, 1.82) is 0 Å². The molecule has 0 saturated heterocycles. The Labute approximate surface area is 172 Å². The lowest BCUT2D eigenvalue weighted by molar-refractivity contribution is -0.121. The normalized spacial score (nSPS) is 11.4. The lowest BCUT2D eigenvalue weighted by Gasteiger charge is -2.08. The first-order chi connectivity index (χ1) is 13.4. The zero-order valence-corrected chi connectivity index (χ0v) is 18.7. The third-order valence-corrected chi connectivity index (χ3v) is 4.34. The second-order valence-electron chi connectivity index (χ2n) is 8.22. The van der Waals surface area contributed by atoms with Crippen LogP contribution < -0.4 is 10.6 Å². The molecule has 166 valence electrons. The number of amides is 1. The van der Waals surface area contributed by atoms with Crippen LogP contribution in [-0.4, -0.2) is 57.8 Å². The summed E-state index contributed by atoms with van der Waals surface area (Å²) in [7, 11) is 0. The van der Waals surface area contributed by atoms with E-state index < -0.39 is 0 Å². The van der Waals surface area contributed by atoms with Crippen molar-refractivity contribution in [3.8, 4) is 0 Å². The van der Waals surface area contributed by atoms with Gasteiger partial charge in [0.1, 0.15) is 5.78 Å². The summed E-state index contributed by atoms with van der Waals surface area (Å²) < 4.78 is 11.0. The van der Waals surface area contributed by atoms with Crippen molar-refractivity contribution in [2.24, 2.45) is 11.8 Å². The first-order valence-corrected chi connectivity index (χ1v) is 11.1. The molecule has 0 aliphatic heterocycles.